The van der Waals surface area contributed by atoms with Crippen LogP contribution in [0.1, 0.15) is 49.8 Å². The molecule has 1 atom stereocenters. The lowest BCUT2D eigenvalue weighted by Crippen LogP contribution is -2.10. The minimum Gasteiger partial charge on any atom is -0.384 e. The summed E-state index contributed by atoms with van der Waals surface area (Å²) in [6.45, 7) is 3.00. The maximum atomic E-state index is 6.16. The molecule has 1 rings (SSSR count). The molecule has 0 saturated carbocycles. The first kappa shape index (κ1) is 14.2. The predicted octanol–water partition coefficient (Wildman–Crippen LogP) is 3.46. The van der Waals surface area contributed by atoms with Gasteiger partial charge in [-0.2, -0.15) is 0 Å². The Hall–Kier alpha value is -0.860. The molecule has 2 nitrogen and oxygen atoms in total. The van der Waals surface area contributed by atoms with Crippen LogP contribution in [-0.2, 0) is 11.2 Å². The van der Waals surface area contributed by atoms with Crippen LogP contribution in [0.25, 0.3) is 0 Å². The maximum Gasteiger partial charge on any atom is 0.0502 e. The van der Waals surface area contributed by atoms with E-state index >= 15 is 0 Å². The second kappa shape index (κ2) is 8.26. The third kappa shape index (κ3) is 5.33. The SMILES string of the molecule is CCCCCC(N)c1ccc(CCOC)cc1. The zero-order valence-corrected chi connectivity index (χ0v) is 11.1. The molecule has 0 spiro atoms. The van der Waals surface area contributed by atoms with Gasteiger partial charge in [-0.25, -0.2) is 0 Å². The first-order valence-electron chi connectivity index (χ1n) is 6.61. The van der Waals surface area contributed by atoms with Gasteiger partial charge in [0.25, 0.3) is 0 Å². The van der Waals surface area contributed by atoms with Crippen molar-refractivity contribution in [2.75, 3.05) is 13.7 Å². The Morgan fingerprint density at radius 1 is 1.18 bits per heavy atom. The highest BCUT2D eigenvalue weighted by Crippen LogP contribution is 2.18. The van der Waals surface area contributed by atoms with Gasteiger partial charge in [-0.15, -0.1) is 0 Å². The van der Waals surface area contributed by atoms with Gasteiger partial charge in [-0.1, -0.05) is 50.5 Å². The fourth-order valence-electron chi connectivity index (χ4n) is 1.93. The summed E-state index contributed by atoms with van der Waals surface area (Å²) in [5, 5.41) is 0. The molecule has 0 fully saturated rings. The molecule has 0 radical (unpaired) electrons. The van der Waals surface area contributed by atoms with Crippen molar-refractivity contribution in [2.24, 2.45) is 5.73 Å². The quantitative estimate of drug-likeness (QED) is 0.700. The topological polar surface area (TPSA) is 35.2 Å². The van der Waals surface area contributed by atoms with Gasteiger partial charge < -0.3 is 10.5 Å². The summed E-state index contributed by atoms with van der Waals surface area (Å²) in [4.78, 5) is 0. The van der Waals surface area contributed by atoms with Crippen LogP contribution in [-0.4, -0.2) is 13.7 Å². The molecule has 0 aliphatic rings. The number of ether oxygens (including phenoxy) is 1. The zero-order valence-electron chi connectivity index (χ0n) is 11.1. The molecule has 1 aromatic rings. The molecule has 0 aliphatic carbocycles. The molecule has 0 aromatic heterocycles. The lowest BCUT2D eigenvalue weighted by atomic mass is 9.99. The fourth-order valence-corrected chi connectivity index (χ4v) is 1.93. The van der Waals surface area contributed by atoms with E-state index in [9.17, 15) is 0 Å². The minimum absolute atomic E-state index is 0.193. The van der Waals surface area contributed by atoms with Crippen LogP contribution in [0.3, 0.4) is 0 Å². The Balaban J connectivity index is 2.43. The summed E-state index contributed by atoms with van der Waals surface area (Å²) in [6.07, 6.45) is 5.82. The van der Waals surface area contributed by atoms with Crippen molar-refractivity contribution in [1.29, 1.82) is 0 Å². The van der Waals surface area contributed by atoms with Crippen molar-refractivity contribution < 1.29 is 4.74 Å². The van der Waals surface area contributed by atoms with Crippen molar-refractivity contribution in [2.45, 2.75) is 45.1 Å². The van der Waals surface area contributed by atoms with Crippen molar-refractivity contribution in [3.8, 4) is 0 Å². The Kier molecular flexibility index (Phi) is 6.90. The van der Waals surface area contributed by atoms with Crippen LogP contribution in [0.2, 0.25) is 0 Å². The van der Waals surface area contributed by atoms with E-state index in [0.717, 1.165) is 19.4 Å². The van der Waals surface area contributed by atoms with Gasteiger partial charge in [-0.05, 0) is 24.0 Å². The number of unbranched alkanes of at least 4 members (excludes halogenated alkanes) is 2. The van der Waals surface area contributed by atoms with Crippen LogP contribution in [0.15, 0.2) is 24.3 Å². The Bertz CT molecular complexity index is 294. The average Bonchev–Trinajstić information content (AvgIpc) is 2.37. The normalized spacial score (nSPS) is 12.6. The number of rotatable bonds is 8. The van der Waals surface area contributed by atoms with E-state index in [2.05, 4.69) is 31.2 Å². The number of hydrogen-bond donors (Lipinski definition) is 1. The van der Waals surface area contributed by atoms with E-state index in [1.807, 2.05) is 0 Å². The first-order chi connectivity index (χ1) is 8.27. The summed E-state index contributed by atoms with van der Waals surface area (Å²) in [6, 6.07) is 8.82. The van der Waals surface area contributed by atoms with E-state index in [-0.39, 0.29) is 6.04 Å². The number of benzene rings is 1. The predicted molar refractivity (Wildman–Crippen MR) is 73.1 cm³/mol. The maximum absolute atomic E-state index is 6.16. The van der Waals surface area contributed by atoms with Crippen LogP contribution in [0, 0.1) is 0 Å². The van der Waals surface area contributed by atoms with E-state index in [4.69, 9.17) is 10.5 Å². The molecular weight excluding hydrogens is 210 g/mol. The molecule has 2 heteroatoms. The van der Waals surface area contributed by atoms with Crippen LogP contribution < -0.4 is 5.73 Å². The smallest absolute Gasteiger partial charge is 0.0502 e. The van der Waals surface area contributed by atoms with Crippen LogP contribution in [0.4, 0.5) is 0 Å². The highest BCUT2D eigenvalue weighted by molar-refractivity contribution is 5.24. The molecular formula is C15H25NO. The largest absolute Gasteiger partial charge is 0.384 e. The molecule has 96 valence electrons. The van der Waals surface area contributed by atoms with Crippen molar-refractivity contribution >= 4 is 0 Å². The monoisotopic (exact) mass is 235 g/mol. The molecule has 1 aromatic carbocycles. The summed E-state index contributed by atoms with van der Waals surface area (Å²) in [7, 11) is 1.73. The molecule has 0 heterocycles. The average molecular weight is 235 g/mol. The van der Waals surface area contributed by atoms with E-state index in [1.165, 1.54) is 30.4 Å². The van der Waals surface area contributed by atoms with Gasteiger partial charge in [0, 0.05) is 13.2 Å². The highest BCUT2D eigenvalue weighted by atomic mass is 16.5. The standard InChI is InChI=1S/C15H25NO/c1-3-4-5-6-15(16)14-9-7-13(8-10-14)11-12-17-2/h7-10,15H,3-6,11-12,16H2,1-2H3. The third-order valence-electron chi connectivity index (χ3n) is 3.12. The van der Waals surface area contributed by atoms with Gasteiger partial charge in [-0.3, -0.25) is 0 Å². The molecule has 0 saturated heterocycles. The molecule has 0 bridgehead atoms. The Morgan fingerprint density at radius 3 is 2.47 bits per heavy atom. The Morgan fingerprint density at radius 2 is 1.88 bits per heavy atom. The summed E-state index contributed by atoms with van der Waals surface area (Å²) in [5.41, 5.74) is 8.73. The van der Waals surface area contributed by atoms with E-state index in [0.29, 0.717) is 0 Å². The van der Waals surface area contributed by atoms with Gasteiger partial charge in [0.1, 0.15) is 0 Å². The second-order valence-electron chi connectivity index (χ2n) is 4.59. The second-order valence-corrected chi connectivity index (χ2v) is 4.59. The summed E-state index contributed by atoms with van der Waals surface area (Å²) < 4.78 is 5.06. The molecule has 0 aliphatic heterocycles. The Labute approximate surface area is 105 Å². The lowest BCUT2D eigenvalue weighted by molar-refractivity contribution is 0.202. The summed E-state index contributed by atoms with van der Waals surface area (Å²) >= 11 is 0. The molecule has 17 heavy (non-hydrogen) atoms. The van der Waals surface area contributed by atoms with Gasteiger partial charge in [0.05, 0.1) is 6.61 Å². The van der Waals surface area contributed by atoms with Crippen molar-refractivity contribution in [3.63, 3.8) is 0 Å². The number of hydrogen-bond acceptors (Lipinski definition) is 2. The van der Waals surface area contributed by atoms with E-state index in [1.54, 1.807) is 7.11 Å². The molecule has 2 N–H and O–H groups in total. The first-order valence-corrected chi connectivity index (χ1v) is 6.61. The third-order valence-corrected chi connectivity index (χ3v) is 3.12. The zero-order chi connectivity index (χ0) is 12.5. The lowest BCUT2D eigenvalue weighted by Gasteiger charge is -2.12. The molecule has 0 amide bonds. The highest BCUT2D eigenvalue weighted by Gasteiger charge is 2.05. The van der Waals surface area contributed by atoms with Crippen LogP contribution in [0.5, 0.6) is 0 Å². The summed E-state index contributed by atoms with van der Waals surface area (Å²) in [5.74, 6) is 0. The fraction of sp³-hybridized carbons (Fsp3) is 0.600. The van der Waals surface area contributed by atoms with Crippen molar-refractivity contribution in [1.82, 2.24) is 0 Å². The molecule has 1 unspecified atom stereocenters. The minimum atomic E-state index is 0.193. The van der Waals surface area contributed by atoms with Crippen molar-refractivity contribution in [3.05, 3.63) is 35.4 Å². The van der Waals surface area contributed by atoms with Crippen LogP contribution >= 0.6 is 0 Å². The van der Waals surface area contributed by atoms with Gasteiger partial charge >= 0.3 is 0 Å². The van der Waals surface area contributed by atoms with Gasteiger partial charge in [0.2, 0.25) is 0 Å². The number of methoxy groups -OCH3 is 1. The van der Waals surface area contributed by atoms with E-state index < -0.39 is 0 Å². The number of nitrogens with two attached hydrogens (primary N) is 1. The van der Waals surface area contributed by atoms with Gasteiger partial charge in [0.15, 0.2) is 0 Å².